The van der Waals surface area contributed by atoms with Gasteiger partial charge < -0.3 is 4.55 Å². The van der Waals surface area contributed by atoms with Gasteiger partial charge in [0.2, 0.25) is 0 Å². The van der Waals surface area contributed by atoms with Crippen molar-refractivity contribution in [3.05, 3.63) is 0 Å². The van der Waals surface area contributed by atoms with Gasteiger partial charge in [-0.05, 0) is 12.3 Å². The molecule has 0 aliphatic heterocycles. The maximum absolute atomic E-state index is 10.8. The Morgan fingerprint density at radius 2 is 2.00 bits per heavy atom. The third kappa shape index (κ3) is 10.6. The van der Waals surface area contributed by atoms with Gasteiger partial charge in [-0.15, -0.1) is 0 Å². The van der Waals surface area contributed by atoms with Crippen LogP contribution in [-0.4, -0.2) is 16.6 Å². The van der Waals surface area contributed by atoms with Crippen LogP contribution in [0.5, 0.6) is 0 Å². The second kappa shape index (κ2) is 9.22. The molecule has 0 fully saturated rings. The summed E-state index contributed by atoms with van der Waals surface area (Å²) in [6, 6.07) is 0. The van der Waals surface area contributed by atoms with Crippen LogP contribution in [-0.2, 0) is 10.2 Å². The summed E-state index contributed by atoms with van der Waals surface area (Å²) in [5.41, 5.74) is 0. The summed E-state index contributed by atoms with van der Waals surface area (Å²) in [6.45, 7) is 4.49. The summed E-state index contributed by atoms with van der Waals surface area (Å²) in [5.74, 6) is 1.78. The van der Waals surface area contributed by atoms with Crippen molar-refractivity contribution in [1.82, 2.24) is 0 Å². The Morgan fingerprint density at radius 3 is 2.54 bits per heavy atom. The highest BCUT2D eigenvalue weighted by Gasteiger charge is 2.06. The molecule has 80 valence electrons. The Kier molecular flexibility index (Phi) is 9.69. The van der Waals surface area contributed by atoms with Crippen LogP contribution in [0.15, 0.2) is 0 Å². The summed E-state index contributed by atoms with van der Waals surface area (Å²) < 4.78 is 10.8. The standard InChI is InChI=1S/C10H22OS2/c1-4-5-6-7-8-10(2)9-12-13(3)11/h10H,4-9H2,1-3H3/t10-,13?/m1/s1. The maximum atomic E-state index is 10.8. The van der Waals surface area contributed by atoms with Gasteiger partial charge in [0.25, 0.3) is 0 Å². The first-order valence-corrected chi connectivity index (χ1v) is 8.19. The number of unbranched alkanes of at least 4 members (excludes halogenated alkanes) is 3. The van der Waals surface area contributed by atoms with Gasteiger partial charge in [-0.25, -0.2) is 0 Å². The summed E-state index contributed by atoms with van der Waals surface area (Å²) in [4.78, 5) is 0. The molecule has 0 saturated heterocycles. The Bertz CT molecular complexity index is 107. The van der Waals surface area contributed by atoms with Crippen LogP contribution in [0.1, 0.15) is 46.0 Å². The molecule has 0 aromatic heterocycles. The van der Waals surface area contributed by atoms with Crippen molar-refractivity contribution >= 4 is 21.0 Å². The summed E-state index contributed by atoms with van der Waals surface area (Å²) in [7, 11) is 0.897. The maximum Gasteiger partial charge on any atom is 0.107 e. The molecule has 3 heteroatoms. The molecule has 0 aromatic rings. The lowest BCUT2D eigenvalue weighted by Crippen LogP contribution is -2.01. The van der Waals surface area contributed by atoms with Crippen molar-refractivity contribution in [3.8, 4) is 0 Å². The molecule has 0 aliphatic carbocycles. The fraction of sp³-hybridized carbons (Fsp3) is 1.00. The van der Waals surface area contributed by atoms with Crippen LogP contribution < -0.4 is 0 Å². The largest absolute Gasteiger partial charge is 0.605 e. The van der Waals surface area contributed by atoms with E-state index in [1.54, 1.807) is 17.0 Å². The quantitative estimate of drug-likeness (QED) is 0.356. The molecular formula is C10H22OS2. The fourth-order valence-corrected chi connectivity index (χ4v) is 3.08. The predicted molar refractivity (Wildman–Crippen MR) is 64.4 cm³/mol. The Balaban J connectivity index is 3.15. The SMILES string of the molecule is CCCCCC[C@@H](C)CS[S+](C)[O-]. The lowest BCUT2D eigenvalue weighted by molar-refractivity contribution is 0.531. The van der Waals surface area contributed by atoms with Crippen LogP contribution in [0, 0.1) is 5.92 Å². The normalized spacial score (nSPS) is 15.7. The lowest BCUT2D eigenvalue weighted by atomic mass is 10.0. The zero-order valence-corrected chi connectivity index (χ0v) is 10.7. The van der Waals surface area contributed by atoms with Crippen molar-refractivity contribution in [2.75, 3.05) is 12.0 Å². The van der Waals surface area contributed by atoms with E-state index in [-0.39, 0.29) is 0 Å². The van der Waals surface area contributed by atoms with E-state index in [0.717, 1.165) is 11.7 Å². The van der Waals surface area contributed by atoms with Gasteiger partial charge in [0, 0.05) is 16.0 Å². The van der Waals surface area contributed by atoms with Gasteiger partial charge in [0.15, 0.2) is 0 Å². The summed E-state index contributed by atoms with van der Waals surface area (Å²) in [5, 5.41) is 0. The minimum Gasteiger partial charge on any atom is -0.605 e. The first-order chi connectivity index (χ1) is 6.16. The number of hydrogen-bond donors (Lipinski definition) is 0. The molecule has 0 heterocycles. The van der Waals surface area contributed by atoms with Crippen molar-refractivity contribution in [1.29, 1.82) is 0 Å². The first-order valence-electron chi connectivity index (χ1n) is 5.13. The van der Waals surface area contributed by atoms with Crippen LogP contribution in [0.2, 0.25) is 0 Å². The van der Waals surface area contributed by atoms with Gasteiger partial charge in [0.05, 0.1) is 10.8 Å². The molecule has 13 heavy (non-hydrogen) atoms. The van der Waals surface area contributed by atoms with E-state index in [1.165, 1.54) is 32.1 Å². The molecule has 0 rings (SSSR count). The molecule has 1 nitrogen and oxygen atoms in total. The third-order valence-corrected chi connectivity index (χ3v) is 4.51. The van der Waals surface area contributed by atoms with Gasteiger partial charge in [-0.2, -0.15) is 0 Å². The van der Waals surface area contributed by atoms with Crippen LogP contribution in [0.4, 0.5) is 0 Å². The molecule has 1 unspecified atom stereocenters. The van der Waals surface area contributed by atoms with E-state index in [0.29, 0.717) is 0 Å². The fourth-order valence-electron chi connectivity index (χ4n) is 1.21. The third-order valence-electron chi connectivity index (χ3n) is 2.07. The zero-order valence-electron chi connectivity index (χ0n) is 9.04. The minimum absolute atomic E-state index is 0.678. The molecule has 0 N–H and O–H groups in total. The van der Waals surface area contributed by atoms with E-state index in [4.69, 9.17) is 0 Å². The average Bonchev–Trinajstić information content (AvgIpc) is 2.09. The molecule has 2 atom stereocenters. The minimum atomic E-state index is -0.678. The first kappa shape index (κ1) is 13.7. The summed E-state index contributed by atoms with van der Waals surface area (Å²) >= 11 is 0. The predicted octanol–water partition coefficient (Wildman–Crippen LogP) is 3.62. The molecule has 0 radical (unpaired) electrons. The van der Waals surface area contributed by atoms with E-state index >= 15 is 0 Å². The van der Waals surface area contributed by atoms with E-state index in [2.05, 4.69) is 13.8 Å². The summed E-state index contributed by atoms with van der Waals surface area (Å²) in [6.07, 6.45) is 8.42. The van der Waals surface area contributed by atoms with E-state index in [9.17, 15) is 4.55 Å². The molecule has 0 bridgehead atoms. The van der Waals surface area contributed by atoms with E-state index < -0.39 is 10.2 Å². The molecule has 0 aliphatic rings. The number of hydrogen-bond acceptors (Lipinski definition) is 2. The molecule has 0 saturated carbocycles. The highest BCUT2D eigenvalue weighted by molar-refractivity contribution is 8.71. The zero-order chi connectivity index (χ0) is 10.1. The second-order valence-corrected chi connectivity index (χ2v) is 7.13. The Labute approximate surface area is 89.6 Å². The highest BCUT2D eigenvalue weighted by Crippen LogP contribution is 2.19. The monoisotopic (exact) mass is 222 g/mol. The molecule has 0 amide bonds. The van der Waals surface area contributed by atoms with Crippen LogP contribution in [0.3, 0.4) is 0 Å². The average molecular weight is 222 g/mol. The van der Waals surface area contributed by atoms with Crippen molar-refractivity contribution in [3.63, 3.8) is 0 Å². The van der Waals surface area contributed by atoms with Gasteiger partial charge in [-0.3, -0.25) is 0 Å². The van der Waals surface area contributed by atoms with Gasteiger partial charge >= 0.3 is 0 Å². The van der Waals surface area contributed by atoms with E-state index in [1.807, 2.05) is 0 Å². The molecule has 0 aromatic carbocycles. The topological polar surface area (TPSA) is 23.1 Å². The van der Waals surface area contributed by atoms with Crippen LogP contribution >= 0.6 is 10.8 Å². The van der Waals surface area contributed by atoms with Crippen molar-refractivity contribution in [2.45, 2.75) is 46.0 Å². The van der Waals surface area contributed by atoms with Gasteiger partial charge in [-0.1, -0.05) is 39.5 Å². The Hall–Kier alpha value is 0.660. The van der Waals surface area contributed by atoms with Crippen molar-refractivity contribution in [2.24, 2.45) is 5.92 Å². The molecular weight excluding hydrogens is 200 g/mol. The molecule has 0 spiro atoms. The van der Waals surface area contributed by atoms with Gasteiger partial charge in [0.1, 0.15) is 6.26 Å². The van der Waals surface area contributed by atoms with Crippen molar-refractivity contribution < 1.29 is 4.55 Å². The smallest absolute Gasteiger partial charge is 0.107 e. The second-order valence-electron chi connectivity index (χ2n) is 3.64. The highest BCUT2D eigenvalue weighted by atomic mass is 33.1. The lowest BCUT2D eigenvalue weighted by Gasteiger charge is -2.09. The van der Waals surface area contributed by atoms with Crippen LogP contribution in [0.25, 0.3) is 0 Å². The number of rotatable bonds is 8. The Morgan fingerprint density at radius 1 is 1.31 bits per heavy atom.